The van der Waals surface area contributed by atoms with Gasteiger partial charge in [-0.25, -0.2) is 4.39 Å². The molecule has 134 valence electrons. The van der Waals surface area contributed by atoms with Gasteiger partial charge in [0.05, 0.1) is 6.54 Å². The SMILES string of the molecule is C=CCN(Cc1cccn1Cc1cccc(F)c1)C(=O)CC(C)(C)C. The fourth-order valence-electron chi connectivity index (χ4n) is 2.75. The number of benzene rings is 1. The summed E-state index contributed by atoms with van der Waals surface area (Å²) in [6, 6.07) is 10.5. The molecular formula is C21H27FN2O. The van der Waals surface area contributed by atoms with Crippen molar-refractivity contribution in [1.29, 1.82) is 0 Å². The molecule has 0 aliphatic rings. The standard InChI is InChI=1S/C21H27FN2O/c1-5-11-24(20(25)14-21(2,3)4)16-19-10-7-12-23(19)15-17-8-6-9-18(22)13-17/h5-10,12-13H,1,11,14-16H2,2-4H3. The zero-order chi connectivity index (χ0) is 18.4. The molecule has 0 radical (unpaired) electrons. The van der Waals surface area contributed by atoms with Crippen molar-refractivity contribution >= 4 is 5.91 Å². The lowest BCUT2D eigenvalue weighted by Crippen LogP contribution is -2.34. The quantitative estimate of drug-likeness (QED) is 0.674. The van der Waals surface area contributed by atoms with Gasteiger partial charge in [-0.1, -0.05) is 39.0 Å². The minimum Gasteiger partial charge on any atom is -0.345 e. The van der Waals surface area contributed by atoms with Gasteiger partial charge in [0, 0.05) is 31.4 Å². The van der Waals surface area contributed by atoms with Gasteiger partial charge in [0.25, 0.3) is 0 Å². The van der Waals surface area contributed by atoms with Crippen molar-refractivity contribution in [3.63, 3.8) is 0 Å². The lowest BCUT2D eigenvalue weighted by molar-refractivity contribution is -0.133. The predicted octanol–water partition coefficient (Wildman–Crippen LogP) is 4.63. The van der Waals surface area contributed by atoms with Crippen molar-refractivity contribution in [3.8, 4) is 0 Å². The van der Waals surface area contributed by atoms with E-state index >= 15 is 0 Å². The van der Waals surface area contributed by atoms with Crippen LogP contribution >= 0.6 is 0 Å². The molecule has 0 unspecified atom stereocenters. The zero-order valence-electron chi connectivity index (χ0n) is 15.3. The summed E-state index contributed by atoms with van der Waals surface area (Å²) >= 11 is 0. The van der Waals surface area contributed by atoms with Crippen LogP contribution in [0.2, 0.25) is 0 Å². The Balaban J connectivity index is 2.13. The van der Waals surface area contributed by atoms with Crippen molar-refractivity contribution in [2.45, 2.75) is 40.3 Å². The Bertz CT molecular complexity index is 727. The van der Waals surface area contributed by atoms with Crippen LogP contribution in [0.1, 0.15) is 38.4 Å². The summed E-state index contributed by atoms with van der Waals surface area (Å²) in [4.78, 5) is 14.4. The number of hydrogen-bond donors (Lipinski definition) is 0. The Hall–Kier alpha value is -2.36. The lowest BCUT2D eigenvalue weighted by Gasteiger charge is -2.26. The van der Waals surface area contributed by atoms with Gasteiger partial charge in [-0.2, -0.15) is 0 Å². The van der Waals surface area contributed by atoms with E-state index in [4.69, 9.17) is 0 Å². The van der Waals surface area contributed by atoms with Crippen molar-refractivity contribution < 1.29 is 9.18 Å². The molecule has 3 nitrogen and oxygen atoms in total. The number of aromatic nitrogens is 1. The molecule has 2 rings (SSSR count). The first-order chi connectivity index (χ1) is 11.8. The van der Waals surface area contributed by atoms with Gasteiger partial charge in [-0.3, -0.25) is 4.79 Å². The predicted molar refractivity (Wildman–Crippen MR) is 99.6 cm³/mol. The highest BCUT2D eigenvalue weighted by atomic mass is 19.1. The summed E-state index contributed by atoms with van der Waals surface area (Å²) in [7, 11) is 0. The second-order valence-electron chi connectivity index (χ2n) is 7.56. The fraction of sp³-hybridized carbons (Fsp3) is 0.381. The van der Waals surface area contributed by atoms with Crippen LogP contribution in [-0.4, -0.2) is 21.9 Å². The Morgan fingerprint density at radius 3 is 2.68 bits per heavy atom. The molecule has 0 fully saturated rings. The van der Waals surface area contributed by atoms with E-state index in [2.05, 4.69) is 31.9 Å². The van der Waals surface area contributed by atoms with Gasteiger partial charge in [0.1, 0.15) is 5.82 Å². The van der Waals surface area contributed by atoms with Gasteiger partial charge in [0.15, 0.2) is 0 Å². The highest BCUT2D eigenvalue weighted by molar-refractivity contribution is 5.77. The van der Waals surface area contributed by atoms with Crippen LogP contribution in [0, 0.1) is 11.2 Å². The average molecular weight is 342 g/mol. The minimum absolute atomic E-state index is 0.0555. The van der Waals surface area contributed by atoms with E-state index in [0.29, 0.717) is 26.1 Å². The number of nitrogens with zero attached hydrogens (tertiary/aromatic N) is 2. The van der Waals surface area contributed by atoms with Gasteiger partial charge in [0.2, 0.25) is 5.91 Å². The Morgan fingerprint density at radius 1 is 1.28 bits per heavy atom. The van der Waals surface area contributed by atoms with Crippen LogP contribution in [0.15, 0.2) is 55.3 Å². The average Bonchev–Trinajstić information content (AvgIpc) is 2.92. The maximum Gasteiger partial charge on any atom is 0.223 e. The molecule has 2 aromatic rings. The van der Waals surface area contributed by atoms with E-state index in [1.54, 1.807) is 12.1 Å². The molecule has 1 aromatic carbocycles. The third kappa shape index (κ3) is 5.89. The summed E-state index contributed by atoms with van der Waals surface area (Å²) in [5.74, 6) is -0.120. The van der Waals surface area contributed by atoms with Crippen LogP contribution in [0.25, 0.3) is 0 Å². The van der Waals surface area contributed by atoms with E-state index in [-0.39, 0.29) is 17.1 Å². The first-order valence-electron chi connectivity index (χ1n) is 8.55. The van der Waals surface area contributed by atoms with Crippen molar-refractivity contribution in [3.05, 3.63) is 72.3 Å². The molecule has 0 spiro atoms. The van der Waals surface area contributed by atoms with Crippen molar-refractivity contribution in [1.82, 2.24) is 9.47 Å². The number of rotatable bonds is 7. The Kier molecular flexibility index (Phi) is 6.18. The maximum atomic E-state index is 13.4. The number of hydrogen-bond acceptors (Lipinski definition) is 1. The highest BCUT2D eigenvalue weighted by Crippen LogP contribution is 2.21. The number of carbonyl (C=O) groups excluding carboxylic acids is 1. The second-order valence-corrected chi connectivity index (χ2v) is 7.56. The molecule has 4 heteroatoms. The van der Waals surface area contributed by atoms with E-state index in [0.717, 1.165) is 11.3 Å². The summed E-state index contributed by atoms with van der Waals surface area (Å²) in [5.41, 5.74) is 1.86. The van der Waals surface area contributed by atoms with E-state index in [1.165, 1.54) is 12.1 Å². The van der Waals surface area contributed by atoms with Gasteiger partial charge < -0.3 is 9.47 Å². The summed E-state index contributed by atoms with van der Waals surface area (Å²) in [5, 5.41) is 0. The smallest absolute Gasteiger partial charge is 0.223 e. The molecule has 1 amide bonds. The van der Waals surface area contributed by atoms with Crippen LogP contribution in [0.3, 0.4) is 0 Å². The van der Waals surface area contributed by atoms with Crippen LogP contribution in [0.5, 0.6) is 0 Å². The van der Waals surface area contributed by atoms with Crippen LogP contribution < -0.4 is 0 Å². The molecule has 25 heavy (non-hydrogen) atoms. The molecule has 0 aliphatic heterocycles. The summed E-state index contributed by atoms with van der Waals surface area (Å²) < 4.78 is 15.4. The normalized spacial score (nSPS) is 11.4. The molecule has 0 saturated carbocycles. The molecule has 0 atom stereocenters. The second kappa shape index (κ2) is 8.15. The molecule has 1 aromatic heterocycles. The molecule has 0 bridgehead atoms. The van der Waals surface area contributed by atoms with Gasteiger partial charge in [-0.05, 0) is 35.2 Å². The molecule has 0 saturated heterocycles. The van der Waals surface area contributed by atoms with E-state index < -0.39 is 0 Å². The maximum absolute atomic E-state index is 13.4. The van der Waals surface area contributed by atoms with E-state index in [9.17, 15) is 9.18 Å². The zero-order valence-corrected chi connectivity index (χ0v) is 15.3. The van der Waals surface area contributed by atoms with Gasteiger partial charge >= 0.3 is 0 Å². The monoisotopic (exact) mass is 342 g/mol. The van der Waals surface area contributed by atoms with Gasteiger partial charge in [-0.15, -0.1) is 6.58 Å². The Labute approximate surface area is 149 Å². The fourth-order valence-corrected chi connectivity index (χ4v) is 2.75. The first-order valence-corrected chi connectivity index (χ1v) is 8.55. The molecular weight excluding hydrogens is 315 g/mol. The third-order valence-corrected chi connectivity index (χ3v) is 3.90. The Morgan fingerprint density at radius 2 is 2.04 bits per heavy atom. The first kappa shape index (κ1) is 19.0. The largest absolute Gasteiger partial charge is 0.345 e. The minimum atomic E-state index is -0.236. The van der Waals surface area contributed by atoms with Crippen molar-refractivity contribution in [2.24, 2.45) is 5.41 Å². The van der Waals surface area contributed by atoms with Crippen LogP contribution in [-0.2, 0) is 17.9 Å². The summed E-state index contributed by atoms with van der Waals surface area (Å²) in [6.45, 7) is 11.6. The molecule has 0 N–H and O–H groups in total. The highest BCUT2D eigenvalue weighted by Gasteiger charge is 2.21. The third-order valence-electron chi connectivity index (χ3n) is 3.90. The number of amides is 1. The molecule has 0 aliphatic carbocycles. The molecule has 1 heterocycles. The lowest BCUT2D eigenvalue weighted by atomic mass is 9.91. The number of halogens is 1. The topological polar surface area (TPSA) is 25.2 Å². The van der Waals surface area contributed by atoms with E-state index in [1.807, 2.05) is 29.3 Å². The van der Waals surface area contributed by atoms with Crippen LogP contribution in [0.4, 0.5) is 4.39 Å². The van der Waals surface area contributed by atoms with Crippen molar-refractivity contribution in [2.75, 3.05) is 6.54 Å². The summed E-state index contributed by atoms with van der Waals surface area (Å²) in [6.07, 6.45) is 4.20. The number of carbonyl (C=O) groups is 1.